The SMILES string of the molecule is C=CC1CCC(C2CCC(C3CCC(C4CCC(OCC)CC4)CC3)CC2)CC1. The summed E-state index contributed by atoms with van der Waals surface area (Å²) in [6, 6.07) is 0. The maximum absolute atomic E-state index is 5.87. The van der Waals surface area contributed by atoms with Crippen molar-refractivity contribution in [3.63, 3.8) is 0 Å². The molecule has 0 bridgehead atoms. The predicted molar refractivity (Wildman–Crippen MR) is 124 cm³/mol. The van der Waals surface area contributed by atoms with E-state index in [1.165, 1.54) is 51.4 Å². The van der Waals surface area contributed by atoms with Crippen LogP contribution in [0.1, 0.15) is 110 Å². The third kappa shape index (κ3) is 5.69. The smallest absolute Gasteiger partial charge is 0.0575 e. The molecule has 0 unspecified atom stereocenters. The summed E-state index contributed by atoms with van der Waals surface area (Å²) in [5, 5.41) is 0. The van der Waals surface area contributed by atoms with Gasteiger partial charge in [0.05, 0.1) is 6.10 Å². The normalized spacial score (nSPS) is 44.3. The topological polar surface area (TPSA) is 9.23 Å². The average molecular weight is 401 g/mol. The van der Waals surface area contributed by atoms with Gasteiger partial charge in [0.1, 0.15) is 0 Å². The van der Waals surface area contributed by atoms with Crippen molar-refractivity contribution in [1.82, 2.24) is 0 Å². The molecule has 1 nitrogen and oxygen atoms in total. The number of rotatable bonds is 6. The Hall–Kier alpha value is -0.300. The fourth-order valence-electron chi connectivity index (χ4n) is 7.99. The summed E-state index contributed by atoms with van der Waals surface area (Å²) in [5.74, 6) is 7.16. The molecule has 1 heteroatoms. The second-order valence-corrected chi connectivity index (χ2v) is 11.3. The Labute approximate surface area is 181 Å². The number of allylic oxidation sites excluding steroid dienone is 1. The van der Waals surface area contributed by atoms with Gasteiger partial charge in [0, 0.05) is 6.61 Å². The molecule has 4 aliphatic rings. The van der Waals surface area contributed by atoms with Crippen LogP contribution in [0, 0.1) is 41.4 Å². The minimum absolute atomic E-state index is 0.578. The monoisotopic (exact) mass is 400 g/mol. The fourth-order valence-corrected chi connectivity index (χ4v) is 7.99. The van der Waals surface area contributed by atoms with Gasteiger partial charge in [0.15, 0.2) is 0 Å². The Balaban J connectivity index is 1.15. The van der Waals surface area contributed by atoms with Crippen molar-refractivity contribution in [3.05, 3.63) is 12.7 Å². The molecule has 0 atom stereocenters. The molecule has 0 spiro atoms. The molecule has 4 fully saturated rings. The predicted octanol–water partition coefficient (Wildman–Crippen LogP) is 8.19. The summed E-state index contributed by atoms with van der Waals surface area (Å²) < 4.78 is 5.87. The van der Waals surface area contributed by atoms with Gasteiger partial charge in [-0.05, 0) is 151 Å². The Morgan fingerprint density at radius 2 is 0.862 bits per heavy atom. The second kappa shape index (κ2) is 10.8. The lowest BCUT2D eigenvalue weighted by atomic mass is 9.63. The van der Waals surface area contributed by atoms with Crippen LogP contribution in [0.3, 0.4) is 0 Å². The first kappa shape index (κ1) is 21.9. The van der Waals surface area contributed by atoms with Crippen LogP contribution < -0.4 is 0 Å². The summed E-state index contributed by atoms with van der Waals surface area (Å²) in [7, 11) is 0. The lowest BCUT2D eigenvalue weighted by Gasteiger charge is -2.43. The first-order valence-electron chi connectivity index (χ1n) is 13.5. The van der Waals surface area contributed by atoms with Crippen molar-refractivity contribution in [1.29, 1.82) is 0 Å². The second-order valence-electron chi connectivity index (χ2n) is 11.3. The minimum atomic E-state index is 0.578. The van der Waals surface area contributed by atoms with Crippen LogP contribution in [0.25, 0.3) is 0 Å². The van der Waals surface area contributed by atoms with Gasteiger partial charge in [-0.1, -0.05) is 6.08 Å². The van der Waals surface area contributed by atoms with Crippen molar-refractivity contribution in [3.8, 4) is 0 Å². The Bertz CT molecular complexity index is 467. The molecule has 4 rings (SSSR count). The van der Waals surface area contributed by atoms with Crippen molar-refractivity contribution in [2.24, 2.45) is 41.4 Å². The van der Waals surface area contributed by atoms with Crippen LogP contribution in [0.15, 0.2) is 12.7 Å². The molecule has 0 aromatic heterocycles. The summed E-state index contributed by atoms with van der Waals surface area (Å²) in [6.07, 6.45) is 26.6. The van der Waals surface area contributed by atoms with Crippen molar-refractivity contribution >= 4 is 0 Å². The largest absolute Gasteiger partial charge is 0.379 e. The van der Waals surface area contributed by atoms with Crippen LogP contribution in [-0.2, 0) is 4.74 Å². The zero-order chi connectivity index (χ0) is 20.1. The molecule has 29 heavy (non-hydrogen) atoms. The maximum atomic E-state index is 5.87. The number of ether oxygens (including phenoxy) is 1. The number of hydrogen-bond acceptors (Lipinski definition) is 1. The standard InChI is InChI=1S/C28H48O/c1-3-21-5-7-22(8-6-21)23-9-11-24(12-10-23)25-13-15-26(16-14-25)27-17-19-28(20-18-27)29-4-2/h3,21-28H,1,4-20H2,2H3. The third-order valence-corrected chi connectivity index (χ3v) is 9.90. The van der Waals surface area contributed by atoms with E-state index in [1.54, 1.807) is 51.4 Å². The van der Waals surface area contributed by atoms with E-state index in [4.69, 9.17) is 4.74 Å². The van der Waals surface area contributed by atoms with Gasteiger partial charge in [-0.15, -0.1) is 6.58 Å². The molecule has 0 radical (unpaired) electrons. The van der Waals surface area contributed by atoms with E-state index >= 15 is 0 Å². The zero-order valence-corrected chi connectivity index (χ0v) is 19.3. The van der Waals surface area contributed by atoms with E-state index in [0.717, 1.165) is 48.0 Å². The minimum Gasteiger partial charge on any atom is -0.379 e. The third-order valence-electron chi connectivity index (χ3n) is 9.90. The lowest BCUT2D eigenvalue weighted by molar-refractivity contribution is 0.0112. The molecule has 0 aromatic rings. The first-order chi connectivity index (χ1) is 14.3. The fraction of sp³-hybridized carbons (Fsp3) is 0.929. The van der Waals surface area contributed by atoms with Crippen molar-refractivity contribution in [2.75, 3.05) is 6.61 Å². The van der Waals surface area contributed by atoms with Gasteiger partial charge < -0.3 is 4.74 Å². The van der Waals surface area contributed by atoms with E-state index in [9.17, 15) is 0 Å². The van der Waals surface area contributed by atoms with Gasteiger partial charge in [-0.3, -0.25) is 0 Å². The summed E-state index contributed by atoms with van der Waals surface area (Å²) in [5.41, 5.74) is 0. The maximum Gasteiger partial charge on any atom is 0.0575 e. The van der Waals surface area contributed by atoms with E-state index in [0.29, 0.717) is 6.10 Å². The lowest BCUT2D eigenvalue weighted by Crippen LogP contribution is -2.32. The molecule has 0 aromatic carbocycles. The van der Waals surface area contributed by atoms with Crippen molar-refractivity contribution in [2.45, 2.75) is 116 Å². The van der Waals surface area contributed by atoms with Crippen LogP contribution in [0.5, 0.6) is 0 Å². The molecule has 0 aliphatic heterocycles. The van der Waals surface area contributed by atoms with Gasteiger partial charge in [-0.25, -0.2) is 0 Å². The highest BCUT2D eigenvalue weighted by Gasteiger charge is 2.36. The van der Waals surface area contributed by atoms with E-state index in [2.05, 4.69) is 19.6 Å². The van der Waals surface area contributed by atoms with E-state index in [1.807, 2.05) is 0 Å². The molecule has 4 aliphatic carbocycles. The summed E-state index contributed by atoms with van der Waals surface area (Å²) >= 11 is 0. The average Bonchev–Trinajstić information content (AvgIpc) is 2.80. The van der Waals surface area contributed by atoms with Crippen LogP contribution in [0.4, 0.5) is 0 Å². The van der Waals surface area contributed by atoms with E-state index < -0.39 is 0 Å². The molecule has 166 valence electrons. The molecule has 4 saturated carbocycles. The summed E-state index contributed by atoms with van der Waals surface area (Å²) in [6.45, 7) is 7.07. The number of hydrogen-bond donors (Lipinski definition) is 0. The quantitative estimate of drug-likeness (QED) is 0.408. The molecular formula is C28H48O. The first-order valence-corrected chi connectivity index (χ1v) is 13.5. The zero-order valence-electron chi connectivity index (χ0n) is 19.3. The highest BCUT2D eigenvalue weighted by molar-refractivity contribution is 4.90. The highest BCUT2D eigenvalue weighted by Crippen LogP contribution is 2.48. The Morgan fingerprint density at radius 3 is 1.17 bits per heavy atom. The highest BCUT2D eigenvalue weighted by atomic mass is 16.5. The Morgan fingerprint density at radius 1 is 0.552 bits per heavy atom. The van der Waals surface area contributed by atoms with Crippen LogP contribution in [0.2, 0.25) is 0 Å². The van der Waals surface area contributed by atoms with Crippen LogP contribution in [-0.4, -0.2) is 12.7 Å². The van der Waals surface area contributed by atoms with Crippen molar-refractivity contribution < 1.29 is 4.74 Å². The van der Waals surface area contributed by atoms with Gasteiger partial charge in [-0.2, -0.15) is 0 Å². The Kier molecular flexibility index (Phi) is 8.18. The molecule has 0 amide bonds. The van der Waals surface area contributed by atoms with Gasteiger partial charge in [0.2, 0.25) is 0 Å². The van der Waals surface area contributed by atoms with Gasteiger partial charge in [0.25, 0.3) is 0 Å². The summed E-state index contributed by atoms with van der Waals surface area (Å²) in [4.78, 5) is 0. The molecule has 0 saturated heterocycles. The van der Waals surface area contributed by atoms with E-state index in [-0.39, 0.29) is 0 Å². The van der Waals surface area contributed by atoms with Gasteiger partial charge >= 0.3 is 0 Å². The molecule has 0 heterocycles. The molecular weight excluding hydrogens is 352 g/mol. The van der Waals surface area contributed by atoms with Crippen LogP contribution >= 0.6 is 0 Å². The molecule has 0 N–H and O–H groups in total.